The molecular weight excluding hydrogens is 120 g/mol. The molecule has 0 aliphatic rings. The molecule has 0 aromatic heterocycles. The number of aliphatic hydroxyl groups excluding tert-OH is 2. The Balaban J connectivity index is 3.16. The van der Waals surface area contributed by atoms with Gasteiger partial charge in [0.25, 0.3) is 0 Å². The fourth-order valence-corrected chi connectivity index (χ4v) is 0.398. The molecule has 0 bridgehead atoms. The zero-order chi connectivity index (χ0) is 7.28. The molecule has 0 spiro atoms. The van der Waals surface area contributed by atoms with Crippen molar-refractivity contribution in [3.05, 3.63) is 0 Å². The summed E-state index contributed by atoms with van der Waals surface area (Å²) in [7, 11) is 0. The molecule has 0 fully saturated rings. The van der Waals surface area contributed by atoms with Crippen molar-refractivity contribution in [1.82, 2.24) is 5.32 Å². The maximum Gasteiger partial charge on any atom is 0.119 e. The first-order chi connectivity index (χ1) is 4.18. The van der Waals surface area contributed by atoms with Crippen LogP contribution < -0.4 is 11.1 Å². The Hall–Kier alpha value is -0.160. The summed E-state index contributed by atoms with van der Waals surface area (Å²) in [5.74, 6) is 0. The summed E-state index contributed by atoms with van der Waals surface area (Å²) in [4.78, 5) is 0. The Kier molecular flexibility index (Phi) is 4.61. The predicted octanol–water partition coefficient (Wildman–Crippen LogP) is -1.77. The van der Waals surface area contributed by atoms with Gasteiger partial charge >= 0.3 is 0 Å². The van der Waals surface area contributed by atoms with Crippen molar-refractivity contribution in [3.63, 3.8) is 0 Å². The van der Waals surface area contributed by atoms with Crippen molar-refractivity contribution in [2.24, 2.45) is 5.73 Å². The maximum absolute atomic E-state index is 8.91. The molecule has 0 radical (unpaired) electrons. The molecule has 4 nitrogen and oxygen atoms in total. The van der Waals surface area contributed by atoms with Crippen LogP contribution in [0.15, 0.2) is 0 Å². The number of hydrogen-bond acceptors (Lipinski definition) is 4. The molecule has 9 heavy (non-hydrogen) atoms. The summed E-state index contributed by atoms with van der Waals surface area (Å²) in [6.07, 6.45) is -0.711. The SMILES string of the molecule is CC(N)C(O)NCCO. The van der Waals surface area contributed by atoms with Crippen LogP contribution in [0.5, 0.6) is 0 Å². The Morgan fingerprint density at radius 1 is 1.67 bits per heavy atom. The Morgan fingerprint density at radius 3 is 2.56 bits per heavy atom. The highest BCUT2D eigenvalue weighted by Gasteiger charge is 2.05. The molecule has 0 aliphatic heterocycles. The first-order valence-corrected chi connectivity index (χ1v) is 2.96. The molecule has 4 heteroatoms. The van der Waals surface area contributed by atoms with E-state index in [2.05, 4.69) is 5.32 Å². The van der Waals surface area contributed by atoms with Gasteiger partial charge in [-0.1, -0.05) is 0 Å². The average Bonchev–Trinajstić information content (AvgIpc) is 1.82. The second kappa shape index (κ2) is 4.69. The van der Waals surface area contributed by atoms with Gasteiger partial charge in [-0.3, -0.25) is 5.32 Å². The van der Waals surface area contributed by atoms with Crippen LogP contribution in [-0.2, 0) is 0 Å². The Labute approximate surface area is 54.7 Å². The summed E-state index contributed by atoms with van der Waals surface area (Å²) < 4.78 is 0. The minimum absolute atomic E-state index is 0.0176. The third kappa shape index (κ3) is 4.35. The molecule has 0 rings (SSSR count). The van der Waals surface area contributed by atoms with E-state index in [1.54, 1.807) is 6.92 Å². The highest BCUT2D eigenvalue weighted by Crippen LogP contribution is 1.80. The van der Waals surface area contributed by atoms with Gasteiger partial charge in [0.05, 0.1) is 6.61 Å². The van der Waals surface area contributed by atoms with E-state index < -0.39 is 6.23 Å². The number of hydrogen-bond donors (Lipinski definition) is 4. The van der Waals surface area contributed by atoms with E-state index in [4.69, 9.17) is 15.9 Å². The highest BCUT2D eigenvalue weighted by molar-refractivity contribution is 4.62. The standard InChI is InChI=1S/C5H14N2O2/c1-4(6)5(9)7-2-3-8/h4-5,7-9H,2-3,6H2,1H3. The zero-order valence-corrected chi connectivity index (χ0v) is 5.54. The van der Waals surface area contributed by atoms with E-state index in [-0.39, 0.29) is 12.6 Å². The van der Waals surface area contributed by atoms with Crippen LogP contribution in [0.3, 0.4) is 0 Å². The molecule has 2 unspecified atom stereocenters. The minimum atomic E-state index is -0.711. The lowest BCUT2D eigenvalue weighted by Gasteiger charge is -2.14. The first-order valence-electron chi connectivity index (χ1n) is 2.96. The number of nitrogens with one attached hydrogen (secondary N) is 1. The molecule has 0 heterocycles. The Morgan fingerprint density at radius 2 is 2.22 bits per heavy atom. The summed E-state index contributed by atoms with van der Waals surface area (Å²) in [6.45, 7) is 2.08. The molecule has 0 saturated heterocycles. The van der Waals surface area contributed by atoms with Crippen LogP contribution in [0.2, 0.25) is 0 Å². The zero-order valence-electron chi connectivity index (χ0n) is 5.54. The fraction of sp³-hybridized carbons (Fsp3) is 1.00. The molecule has 56 valence electrons. The molecular formula is C5H14N2O2. The fourth-order valence-electron chi connectivity index (χ4n) is 0.398. The van der Waals surface area contributed by atoms with E-state index in [9.17, 15) is 0 Å². The van der Waals surface area contributed by atoms with Crippen molar-refractivity contribution >= 4 is 0 Å². The van der Waals surface area contributed by atoms with E-state index in [1.165, 1.54) is 0 Å². The number of aliphatic hydroxyl groups is 2. The van der Waals surface area contributed by atoms with E-state index in [1.807, 2.05) is 0 Å². The van der Waals surface area contributed by atoms with Gasteiger partial charge < -0.3 is 15.9 Å². The van der Waals surface area contributed by atoms with E-state index in [0.29, 0.717) is 6.54 Å². The molecule has 0 aromatic rings. The molecule has 0 amide bonds. The van der Waals surface area contributed by atoms with Gasteiger partial charge in [-0.15, -0.1) is 0 Å². The molecule has 0 aliphatic carbocycles. The normalized spacial score (nSPS) is 17.3. The van der Waals surface area contributed by atoms with Gasteiger partial charge in [0.2, 0.25) is 0 Å². The topological polar surface area (TPSA) is 78.5 Å². The average molecular weight is 134 g/mol. The predicted molar refractivity (Wildman–Crippen MR) is 34.7 cm³/mol. The lowest BCUT2D eigenvalue weighted by molar-refractivity contribution is 0.107. The molecule has 5 N–H and O–H groups in total. The smallest absolute Gasteiger partial charge is 0.119 e. The third-order valence-electron chi connectivity index (χ3n) is 0.963. The van der Waals surface area contributed by atoms with Crippen molar-refractivity contribution < 1.29 is 10.2 Å². The highest BCUT2D eigenvalue weighted by atomic mass is 16.3. The number of rotatable bonds is 4. The van der Waals surface area contributed by atoms with Crippen molar-refractivity contribution in [2.75, 3.05) is 13.2 Å². The van der Waals surface area contributed by atoms with Crippen LogP contribution in [0, 0.1) is 0 Å². The lowest BCUT2D eigenvalue weighted by atomic mass is 10.3. The molecule has 0 aromatic carbocycles. The summed E-state index contributed by atoms with van der Waals surface area (Å²) >= 11 is 0. The summed E-state index contributed by atoms with van der Waals surface area (Å²) in [5.41, 5.74) is 5.28. The van der Waals surface area contributed by atoms with Gasteiger partial charge in [-0.05, 0) is 6.92 Å². The summed E-state index contributed by atoms with van der Waals surface area (Å²) in [5, 5.41) is 19.8. The minimum Gasteiger partial charge on any atom is -0.395 e. The maximum atomic E-state index is 8.91. The van der Waals surface area contributed by atoms with E-state index >= 15 is 0 Å². The quantitative estimate of drug-likeness (QED) is 0.343. The van der Waals surface area contributed by atoms with Gasteiger partial charge in [0, 0.05) is 12.6 Å². The third-order valence-corrected chi connectivity index (χ3v) is 0.963. The largest absolute Gasteiger partial charge is 0.395 e. The molecule has 2 atom stereocenters. The van der Waals surface area contributed by atoms with Crippen molar-refractivity contribution in [1.29, 1.82) is 0 Å². The van der Waals surface area contributed by atoms with E-state index in [0.717, 1.165) is 0 Å². The second-order valence-corrected chi connectivity index (χ2v) is 1.98. The first kappa shape index (κ1) is 8.84. The van der Waals surface area contributed by atoms with Gasteiger partial charge in [-0.2, -0.15) is 0 Å². The van der Waals surface area contributed by atoms with Gasteiger partial charge in [-0.25, -0.2) is 0 Å². The molecule has 0 saturated carbocycles. The van der Waals surface area contributed by atoms with Crippen LogP contribution in [0.1, 0.15) is 6.92 Å². The lowest BCUT2D eigenvalue weighted by Crippen LogP contribution is -2.44. The van der Waals surface area contributed by atoms with Crippen LogP contribution >= 0.6 is 0 Å². The number of nitrogens with two attached hydrogens (primary N) is 1. The van der Waals surface area contributed by atoms with Crippen LogP contribution in [0.25, 0.3) is 0 Å². The van der Waals surface area contributed by atoms with Crippen molar-refractivity contribution in [3.8, 4) is 0 Å². The van der Waals surface area contributed by atoms with Gasteiger partial charge in [0.1, 0.15) is 6.23 Å². The summed E-state index contributed by atoms with van der Waals surface area (Å²) in [6, 6.07) is -0.295. The Bertz CT molecular complexity index is 68.0. The van der Waals surface area contributed by atoms with Crippen LogP contribution in [-0.4, -0.2) is 35.6 Å². The van der Waals surface area contributed by atoms with Crippen molar-refractivity contribution in [2.45, 2.75) is 19.2 Å². The van der Waals surface area contributed by atoms with Gasteiger partial charge in [0.15, 0.2) is 0 Å². The second-order valence-electron chi connectivity index (χ2n) is 1.98. The van der Waals surface area contributed by atoms with Crippen LogP contribution in [0.4, 0.5) is 0 Å². The monoisotopic (exact) mass is 134 g/mol.